The summed E-state index contributed by atoms with van der Waals surface area (Å²) in [5, 5.41) is 10.4. The predicted octanol–water partition coefficient (Wildman–Crippen LogP) is 3.94. The van der Waals surface area contributed by atoms with E-state index in [4.69, 9.17) is 4.74 Å². The zero-order valence-corrected chi connectivity index (χ0v) is 15.8. The van der Waals surface area contributed by atoms with Gasteiger partial charge in [0.1, 0.15) is 5.60 Å². The summed E-state index contributed by atoms with van der Waals surface area (Å²) >= 11 is 0. The number of likely N-dealkylation sites (tertiary alicyclic amines) is 1. The lowest BCUT2D eigenvalue weighted by Gasteiger charge is -2.37. The Bertz CT molecular complexity index is 883. The quantitative estimate of drug-likeness (QED) is 0.842. The van der Waals surface area contributed by atoms with Gasteiger partial charge in [0.15, 0.2) is 0 Å². The lowest BCUT2D eigenvalue weighted by atomic mass is 9.88. The molecule has 0 aliphatic carbocycles. The Balaban J connectivity index is 1.39. The maximum Gasteiger partial charge on any atom is 0.416 e. The van der Waals surface area contributed by atoms with Gasteiger partial charge in [-0.1, -0.05) is 24.3 Å². The van der Waals surface area contributed by atoms with Crippen LogP contribution in [0.2, 0.25) is 0 Å². The molecule has 0 saturated carbocycles. The number of carbonyl (C=O) groups is 1. The van der Waals surface area contributed by atoms with Gasteiger partial charge in [-0.25, -0.2) is 0 Å². The van der Waals surface area contributed by atoms with E-state index >= 15 is 0 Å². The SMILES string of the molecule is O=C(c1cccc(C2(O)COC2)c1)N1CCC(c2ccc(C(F)(F)F)cc2)CC1. The van der Waals surface area contributed by atoms with Gasteiger partial charge in [-0.3, -0.25) is 4.79 Å². The smallest absolute Gasteiger partial charge is 0.380 e. The minimum Gasteiger partial charge on any atom is -0.380 e. The van der Waals surface area contributed by atoms with Crippen molar-refractivity contribution < 1.29 is 27.8 Å². The van der Waals surface area contributed by atoms with E-state index in [-0.39, 0.29) is 25.0 Å². The number of halogens is 3. The van der Waals surface area contributed by atoms with Crippen LogP contribution in [0, 0.1) is 0 Å². The average Bonchev–Trinajstić information content (AvgIpc) is 2.71. The first-order valence-corrected chi connectivity index (χ1v) is 9.63. The van der Waals surface area contributed by atoms with E-state index in [2.05, 4.69) is 0 Å². The van der Waals surface area contributed by atoms with Crippen LogP contribution in [0.4, 0.5) is 13.2 Å². The van der Waals surface area contributed by atoms with Gasteiger partial charge < -0.3 is 14.7 Å². The summed E-state index contributed by atoms with van der Waals surface area (Å²) in [7, 11) is 0. The van der Waals surface area contributed by atoms with Crippen LogP contribution in [-0.2, 0) is 16.5 Å². The highest BCUT2D eigenvalue weighted by molar-refractivity contribution is 5.94. The summed E-state index contributed by atoms with van der Waals surface area (Å²) in [5.74, 6) is 0.0436. The Kier molecular flexibility index (Phi) is 5.12. The molecule has 29 heavy (non-hydrogen) atoms. The molecule has 2 aromatic rings. The van der Waals surface area contributed by atoms with Crippen molar-refractivity contribution in [1.29, 1.82) is 0 Å². The number of rotatable bonds is 3. The molecule has 7 heteroatoms. The second-order valence-electron chi connectivity index (χ2n) is 7.79. The van der Waals surface area contributed by atoms with E-state index < -0.39 is 17.3 Å². The van der Waals surface area contributed by atoms with E-state index in [9.17, 15) is 23.1 Å². The minimum absolute atomic E-state index is 0.0958. The van der Waals surface area contributed by atoms with Crippen LogP contribution in [0.5, 0.6) is 0 Å². The molecule has 1 amide bonds. The molecule has 0 unspecified atom stereocenters. The highest BCUT2D eigenvalue weighted by Crippen LogP contribution is 2.34. The molecule has 1 N–H and O–H groups in total. The topological polar surface area (TPSA) is 49.8 Å². The van der Waals surface area contributed by atoms with Crippen LogP contribution < -0.4 is 0 Å². The van der Waals surface area contributed by atoms with E-state index in [0.717, 1.165) is 17.7 Å². The largest absolute Gasteiger partial charge is 0.416 e. The first-order valence-electron chi connectivity index (χ1n) is 9.63. The number of alkyl halides is 3. The number of carbonyl (C=O) groups excluding carboxylic acids is 1. The number of aliphatic hydroxyl groups is 1. The lowest BCUT2D eigenvalue weighted by Crippen LogP contribution is -2.46. The summed E-state index contributed by atoms with van der Waals surface area (Å²) < 4.78 is 43.3. The summed E-state index contributed by atoms with van der Waals surface area (Å²) in [4.78, 5) is 14.6. The van der Waals surface area contributed by atoms with Crippen LogP contribution in [0.15, 0.2) is 48.5 Å². The van der Waals surface area contributed by atoms with Crippen LogP contribution in [-0.4, -0.2) is 42.2 Å². The van der Waals surface area contributed by atoms with E-state index in [0.29, 0.717) is 37.1 Å². The number of ether oxygens (including phenoxy) is 1. The van der Waals surface area contributed by atoms with Crippen molar-refractivity contribution in [3.05, 3.63) is 70.8 Å². The van der Waals surface area contributed by atoms with E-state index in [1.807, 2.05) is 0 Å². The second-order valence-corrected chi connectivity index (χ2v) is 7.79. The van der Waals surface area contributed by atoms with E-state index in [1.54, 1.807) is 29.2 Å². The summed E-state index contributed by atoms with van der Waals surface area (Å²) in [5.41, 5.74) is 0.405. The molecule has 2 aliphatic rings. The molecule has 2 heterocycles. The van der Waals surface area contributed by atoms with Gasteiger partial charge in [0, 0.05) is 18.7 Å². The number of amides is 1. The standard InChI is InChI=1S/C22H22F3NO3/c23-22(24,25)18-6-4-15(5-7-18)16-8-10-26(11-9-16)20(27)17-2-1-3-19(12-17)21(28)13-29-14-21/h1-7,12,16,28H,8-11,13-14H2. The molecule has 2 aromatic carbocycles. The molecule has 154 valence electrons. The fraction of sp³-hybridized carbons (Fsp3) is 0.409. The van der Waals surface area contributed by atoms with Crippen molar-refractivity contribution in [2.45, 2.75) is 30.5 Å². The van der Waals surface area contributed by atoms with Gasteiger partial charge in [-0.15, -0.1) is 0 Å². The number of nitrogens with zero attached hydrogens (tertiary/aromatic N) is 1. The zero-order chi connectivity index (χ0) is 20.6. The van der Waals surface area contributed by atoms with Crippen LogP contribution in [0.1, 0.15) is 45.8 Å². The van der Waals surface area contributed by atoms with Crippen molar-refractivity contribution in [2.24, 2.45) is 0 Å². The molecular formula is C22H22F3NO3. The van der Waals surface area contributed by atoms with Gasteiger partial charge >= 0.3 is 6.18 Å². The summed E-state index contributed by atoms with van der Waals surface area (Å²) in [6.45, 7) is 1.54. The second kappa shape index (κ2) is 7.46. The fourth-order valence-corrected chi connectivity index (χ4v) is 3.95. The Hall–Kier alpha value is -2.38. The predicted molar refractivity (Wildman–Crippen MR) is 100 cm³/mol. The number of hydrogen-bond donors (Lipinski definition) is 1. The van der Waals surface area contributed by atoms with Gasteiger partial charge in [0.05, 0.1) is 18.8 Å². The van der Waals surface area contributed by atoms with E-state index in [1.165, 1.54) is 12.1 Å². The third-order valence-corrected chi connectivity index (χ3v) is 5.82. The normalized spacial score (nSPS) is 19.7. The van der Waals surface area contributed by atoms with Gasteiger partial charge in [-0.2, -0.15) is 13.2 Å². The molecule has 2 fully saturated rings. The Morgan fingerprint density at radius 2 is 1.72 bits per heavy atom. The highest BCUT2D eigenvalue weighted by Gasteiger charge is 2.38. The highest BCUT2D eigenvalue weighted by atomic mass is 19.4. The maximum atomic E-state index is 12.9. The summed E-state index contributed by atoms with van der Waals surface area (Å²) in [6.07, 6.45) is -2.93. The maximum absolute atomic E-state index is 12.9. The van der Waals surface area contributed by atoms with Crippen molar-refractivity contribution in [3.8, 4) is 0 Å². The van der Waals surface area contributed by atoms with Crippen LogP contribution in [0.3, 0.4) is 0 Å². The van der Waals surface area contributed by atoms with Crippen molar-refractivity contribution in [3.63, 3.8) is 0 Å². The first-order chi connectivity index (χ1) is 13.8. The average molecular weight is 405 g/mol. The molecule has 4 nitrogen and oxygen atoms in total. The molecule has 0 aromatic heterocycles. The van der Waals surface area contributed by atoms with Crippen molar-refractivity contribution >= 4 is 5.91 Å². The molecule has 2 saturated heterocycles. The van der Waals surface area contributed by atoms with Crippen LogP contribution >= 0.6 is 0 Å². The van der Waals surface area contributed by atoms with Crippen molar-refractivity contribution in [2.75, 3.05) is 26.3 Å². The Morgan fingerprint density at radius 3 is 2.28 bits per heavy atom. The third-order valence-electron chi connectivity index (χ3n) is 5.82. The van der Waals surface area contributed by atoms with Gasteiger partial charge in [0.2, 0.25) is 0 Å². The Labute approximate surface area is 166 Å². The molecule has 0 spiro atoms. The summed E-state index contributed by atoms with van der Waals surface area (Å²) in [6, 6.07) is 12.3. The molecular weight excluding hydrogens is 383 g/mol. The first kappa shape index (κ1) is 19.9. The minimum atomic E-state index is -4.33. The lowest BCUT2D eigenvalue weighted by molar-refractivity contribution is -0.184. The Morgan fingerprint density at radius 1 is 1.07 bits per heavy atom. The fourth-order valence-electron chi connectivity index (χ4n) is 3.95. The number of hydrogen-bond acceptors (Lipinski definition) is 3. The van der Waals surface area contributed by atoms with Gasteiger partial charge in [-0.05, 0) is 54.2 Å². The monoisotopic (exact) mass is 405 g/mol. The zero-order valence-electron chi connectivity index (χ0n) is 15.8. The van der Waals surface area contributed by atoms with Crippen molar-refractivity contribution in [1.82, 2.24) is 4.90 Å². The third kappa shape index (κ3) is 4.02. The number of piperidine rings is 1. The van der Waals surface area contributed by atoms with Gasteiger partial charge in [0.25, 0.3) is 5.91 Å². The molecule has 0 radical (unpaired) electrons. The number of benzene rings is 2. The van der Waals surface area contributed by atoms with Crippen LogP contribution in [0.25, 0.3) is 0 Å². The molecule has 4 rings (SSSR count). The molecule has 0 atom stereocenters. The molecule has 2 aliphatic heterocycles. The molecule has 0 bridgehead atoms.